The molecule has 1 aromatic rings. The smallest absolute Gasteiger partial charge is 0.285 e. The average molecular weight is 404 g/mol. The molecule has 1 radical (unpaired) electrons. The quantitative estimate of drug-likeness (QED) is 0.702. The van der Waals surface area contributed by atoms with Crippen LogP contribution < -0.4 is 4.90 Å². The van der Waals surface area contributed by atoms with E-state index in [0.717, 1.165) is 29.7 Å². The third kappa shape index (κ3) is 3.64. The first-order valence-electron chi connectivity index (χ1n) is 9.32. The number of likely N-dealkylation sites (N-methyl/N-ethyl adjacent to an activating group) is 1. The van der Waals surface area contributed by atoms with E-state index < -0.39 is 0 Å². The van der Waals surface area contributed by atoms with Crippen LogP contribution in [0.5, 0.6) is 0 Å². The molecule has 0 saturated carbocycles. The number of quaternary nitrogens is 1. The molecule has 1 unspecified atom stereocenters. The maximum atomic E-state index is 13.3. The predicted molar refractivity (Wildman–Crippen MR) is 95.7 cm³/mol. The topological polar surface area (TPSA) is 20.3 Å². The van der Waals surface area contributed by atoms with Gasteiger partial charge in [0.1, 0.15) is 0 Å². The van der Waals surface area contributed by atoms with E-state index in [1.165, 1.54) is 49.9 Å². The molecule has 2 fully saturated rings. The zero-order chi connectivity index (χ0) is 16.4. The Kier molecular flexibility index (Phi) is 7.04. The van der Waals surface area contributed by atoms with E-state index in [2.05, 4.69) is 43.9 Å². The van der Waals surface area contributed by atoms with Crippen LogP contribution in [0, 0.1) is 13.8 Å². The molecule has 0 N–H and O–H groups in total. The molecule has 0 aliphatic carbocycles. The van der Waals surface area contributed by atoms with Gasteiger partial charge >= 0.3 is 0 Å². The Hall–Kier alpha value is -0.246. The summed E-state index contributed by atoms with van der Waals surface area (Å²) in [6.45, 7) is 10.9. The van der Waals surface area contributed by atoms with Gasteiger partial charge in [0.25, 0.3) is 5.91 Å². The van der Waals surface area contributed by atoms with Crippen molar-refractivity contribution in [1.29, 1.82) is 0 Å². The number of hydrogen-bond acceptors (Lipinski definition) is 1. The van der Waals surface area contributed by atoms with E-state index in [9.17, 15) is 4.79 Å². The van der Waals surface area contributed by atoms with Crippen molar-refractivity contribution >= 4 is 11.6 Å². The molecular weight excluding hydrogens is 373 g/mol. The molecule has 0 bridgehead atoms. The Labute approximate surface area is 172 Å². The second kappa shape index (κ2) is 8.42. The van der Waals surface area contributed by atoms with Crippen LogP contribution in [0.2, 0.25) is 0 Å². The maximum absolute atomic E-state index is 13.3. The van der Waals surface area contributed by atoms with Crippen molar-refractivity contribution in [3.63, 3.8) is 0 Å². The number of amides is 1. The largest absolute Gasteiger partial charge is 0.314 e. The summed E-state index contributed by atoms with van der Waals surface area (Å²) in [4.78, 5) is 15.4. The number of para-hydroxylation sites is 1. The summed E-state index contributed by atoms with van der Waals surface area (Å²) >= 11 is 0. The molecule has 2 heterocycles. The van der Waals surface area contributed by atoms with Crippen LogP contribution in [0.4, 0.5) is 5.69 Å². The molecule has 1 atom stereocenters. The van der Waals surface area contributed by atoms with E-state index in [4.69, 9.17) is 0 Å². The van der Waals surface area contributed by atoms with Gasteiger partial charge in [-0.25, -0.2) is 0 Å². The summed E-state index contributed by atoms with van der Waals surface area (Å²) in [5, 5.41) is 0. The number of likely N-dealkylation sites (tertiary alicyclic amines) is 1. The molecule has 2 aliphatic rings. The molecule has 0 aromatic heterocycles. The van der Waals surface area contributed by atoms with Crippen molar-refractivity contribution in [2.75, 3.05) is 31.1 Å². The number of carbonyl (C=O) groups is 1. The van der Waals surface area contributed by atoms with Gasteiger partial charge in [0.05, 0.1) is 19.6 Å². The average Bonchev–Trinajstić information content (AvgIpc) is 2.77. The minimum atomic E-state index is 0. The van der Waals surface area contributed by atoms with Crippen LogP contribution in [-0.2, 0) is 37.5 Å². The van der Waals surface area contributed by atoms with Gasteiger partial charge < -0.3 is 9.38 Å². The van der Waals surface area contributed by atoms with Gasteiger partial charge in [-0.05, 0) is 57.6 Å². The number of rotatable bonds is 3. The first-order valence-corrected chi connectivity index (χ1v) is 9.32. The van der Waals surface area contributed by atoms with Gasteiger partial charge in [-0.15, -0.1) is 0 Å². The van der Waals surface area contributed by atoms with Crippen LogP contribution in [0.3, 0.4) is 0 Å². The fourth-order valence-electron chi connectivity index (χ4n) is 4.79. The molecule has 0 spiro atoms. The summed E-state index contributed by atoms with van der Waals surface area (Å²) in [6.07, 6.45) is 6.24. The van der Waals surface area contributed by atoms with Crippen molar-refractivity contribution in [2.45, 2.75) is 58.9 Å². The monoisotopic (exact) mass is 404 g/mol. The molecule has 3 rings (SSSR count). The number of benzene rings is 1. The van der Waals surface area contributed by atoms with E-state index >= 15 is 0 Å². The zero-order valence-electron chi connectivity index (χ0n) is 15.6. The van der Waals surface area contributed by atoms with Gasteiger partial charge in [0, 0.05) is 51.4 Å². The van der Waals surface area contributed by atoms with Crippen molar-refractivity contribution in [3.8, 4) is 0 Å². The molecule has 2 saturated heterocycles. The Morgan fingerprint density at radius 2 is 1.67 bits per heavy atom. The Bertz CT molecular complexity index is 559. The number of anilines is 1. The first kappa shape index (κ1) is 20.1. The Morgan fingerprint density at radius 1 is 1.08 bits per heavy atom. The number of nitrogens with zero attached hydrogens (tertiary/aromatic N) is 2. The maximum Gasteiger partial charge on any atom is 0.285 e. The van der Waals surface area contributed by atoms with E-state index in [0.29, 0.717) is 5.91 Å². The van der Waals surface area contributed by atoms with E-state index in [-0.39, 0.29) is 38.8 Å². The Balaban J connectivity index is 0.00000208. The fraction of sp³-hybridized carbons (Fsp3) is 0.650. The van der Waals surface area contributed by atoms with Crippen LogP contribution in [0.1, 0.15) is 50.2 Å². The van der Waals surface area contributed by atoms with Crippen LogP contribution in [0.15, 0.2) is 18.2 Å². The van der Waals surface area contributed by atoms with Crippen molar-refractivity contribution < 1.29 is 42.0 Å². The fourth-order valence-corrected chi connectivity index (χ4v) is 4.79. The summed E-state index contributed by atoms with van der Waals surface area (Å²) in [5.41, 5.74) is 3.60. The second-order valence-corrected chi connectivity index (χ2v) is 7.43. The Morgan fingerprint density at radius 3 is 2.21 bits per heavy atom. The molecule has 1 amide bonds. The summed E-state index contributed by atoms with van der Waals surface area (Å²) in [7, 11) is 0. The standard InChI is InChI=1S/C20H31N2O.Y/c1-4-22(14-7-5-6-8-15-22)18-12-13-21(20(18)23)19-16(2)10-9-11-17(19)3;/h9-11,18H,4-8,12-15H2,1-3H3;/q+1;. The normalized spacial score (nSPS) is 23.7. The van der Waals surface area contributed by atoms with Crippen LogP contribution in [-0.4, -0.2) is 42.6 Å². The molecule has 24 heavy (non-hydrogen) atoms. The summed E-state index contributed by atoms with van der Waals surface area (Å²) in [6, 6.07) is 6.51. The van der Waals surface area contributed by atoms with Gasteiger partial charge in [-0.1, -0.05) is 18.2 Å². The second-order valence-electron chi connectivity index (χ2n) is 7.43. The number of aryl methyl sites for hydroxylation is 2. The molecule has 129 valence electrons. The molecule has 1 aromatic carbocycles. The predicted octanol–water partition coefficient (Wildman–Crippen LogP) is 3.82. The minimum Gasteiger partial charge on any atom is -0.314 e. The van der Waals surface area contributed by atoms with Crippen LogP contribution >= 0.6 is 0 Å². The SMILES string of the molecule is CC[N+]1(C2CCN(c3c(C)cccc3C)C2=O)CCCCCC1.[Y]. The van der Waals surface area contributed by atoms with Crippen molar-refractivity contribution in [1.82, 2.24) is 0 Å². The van der Waals surface area contributed by atoms with Gasteiger partial charge in [0.15, 0.2) is 6.04 Å². The number of hydrogen-bond donors (Lipinski definition) is 0. The zero-order valence-corrected chi connectivity index (χ0v) is 18.4. The number of carbonyl (C=O) groups excluding carboxylic acids is 1. The van der Waals surface area contributed by atoms with Gasteiger partial charge in [-0.2, -0.15) is 0 Å². The summed E-state index contributed by atoms with van der Waals surface area (Å²) in [5.74, 6) is 0.367. The third-order valence-electron chi connectivity index (χ3n) is 6.13. The molecule has 2 aliphatic heterocycles. The van der Waals surface area contributed by atoms with Gasteiger partial charge in [-0.3, -0.25) is 4.79 Å². The molecule has 4 heteroatoms. The van der Waals surface area contributed by atoms with Crippen molar-refractivity contribution in [2.24, 2.45) is 0 Å². The van der Waals surface area contributed by atoms with Crippen molar-refractivity contribution in [3.05, 3.63) is 29.3 Å². The first-order chi connectivity index (χ1) is 11.1. The van der Waals surface area contributed by atoms with Gasteiger partial charge in [0.2, 0.25) is 0 Å². The van der Waals surface area contributed by atoms with E-state index in [1.807, 2.05) is 0 Å². The summed E-state index contributed by atoms with van der Waals surface area (Å²) < 4.78 is 1.03. The third-order valence-corrected chi connectivity index (χ3v) is 6.13. The molecule has 3 nitrogen and oxygen atoms in total. The van der Waals surface area contributed by atoms with E-state index in [1.54, 1.807) is 0 Å². The minimum absolute atomic E-state index is 0. The van der Waals surface area contributed by atoms with Crippen LogP contribution in [0.25, 0.3) is 0 Å². The molecular formula is C20H31N2OY+.